The Labute approximate surface area is 209 Å². The zero-order valence-corrected chi connectivity index (χ0v) is 23.4. The van der Waals surface area contributed by atoms with E-state index in [1.165, 1.54) is 12.5 Å². The third-order valence-electron chi connectivity index (χ3n) is 7.23. The Hall–Kier alpha value is -0.760. The molecule has 3 rings (SSSR count). The molecule has 1 saturated carbocycles. The second kappa shape index (κ2) is 9.71. The summed E-state index contributed by atoms with van der Waals surface area (Å²) in [7, 11) is -1.37. The normalized spacial score (nSPS) is 33.5. The fourth-order valence-electron chi connectivity index (χ4n) is 6.12. The second-order valence-corrected chi connectivity index (χ2v) is 13.7. The zero-order valence-electron chi connectivity index (χ0n) is 21.0. The van der Waals surface area contributed by atoms with E-state index in [-0.39, 0.29) is 23.4 Å². The molecule has 2 aliphatic carbocycles. The Balaban J connectivity index is 2.21. The van der Waals surface area contributed by atoms with Crippen LogP contribution in [0.25, 0.3) is 0 Å². The van der Waals surface area contributed by atoms with E-state index >= 15 is 0 Å². The van der Waals surface area contributed by atoms with Crippen LogP contribution >= 0.6 is 15.9 Å². The number of rotatable bonds is 7. The lowest BCUT2D eigenvalue weighted by Crippen LogP contribution is -2.61. The zero-order chi connectivity index (χ0) is 24.8. The van der Waals surface area contributed by atoms with Crippen LogP contribution in [0.1, 0.15) is 72.4 Å². The number of fused-ring (bicyclic) bond motifs is 1. The second-order valence-electron chi connectivity index (χ2n) is 10.9. The highest BCUT2D eigenvalue weighted by Gasteiger charge is 2.64. The molecule has 1 aromatic carbocycles. The first-order chi connectivity index (χ1) is 15.3. The van der Waals surface area contributed by atoms with Crippen LogP contribution in [0.2, 0.25) is 0 Å². The van der Waals surface area contributed by atoms with Crippen molar-refractivity contribution in [1.29, 1.82) is 0 Å². The predicted molar refractivity (Wildman–Crippen MR) is 137 cm³/mol. The number of ether oxygens (including phenoxy) is 2. The summed E-state index contributed by atoms with van der Waals surface area (Å²) >= 11 is 3.65. The van der Waals surface area contributed by atoms with Crippen LogP contribution in [0.15, 0.2) is 35.0 Å². The van der Waals surface area contributed by atoms with E-state index in [0.29, 0.717) is 12.4 Å². The summed E-state index contributed by atoms with van der Waals surface area (Å²) in [6, 6.07) is 6.31. The largest absolute Gasteiger partial charge is 0.496 e. The van der Waals surface area contributed by atoms with E-state index in [4.69, 9.17) is 9.47 Å². The molecule has 186 valence electrons. The number of benzene rings is 1. The van der Waals surface area contributed by atoms with Crippen LogP contribution in [-0.2, 0) is 32.4 Å². The van der Waals surface area contributed by atoms with Gasteiger partial charge in [0.1, 0.15) is 11.3 Å². The van der Waals surface area contributed by atoms with Crippen molar-refractivity contribution in [3.63, 3.8) is 0 Å². The van der Waals surface area contributed by atoms with Crippen LogP contribution in [0.5, 0.6) is 0 Å². The van der Waals surface area contributed by atoms with Crippen LogP contribution in [0, 0.1) is 17.3 Å². The Morgan fingerprint density at radius 2 is 1.94 bits per heavy atom. The molecule has 0 bridgehead atoms. The monoisotopic (exact) mass is 543 g/mol. The highest BCUT2D eigenvalue weighted by Crippen LogP contribution is 2.63. The Morgan fingerprint density at radius 3 is 2.45 bits per heavy atom. The van der Waals surface area contributed by atoms with Gasteiger partial charge in [-0.1, -0.05) is 42.4 Å². The minimum atomic E-state index is -1.37. The van der Waals surface area contributed by atoms with Gasteiger partial charge >= 0.3 is 0 Å². The third kappa shape index (κ3) is 4.85. The van der Waals surface area contributed by atoms with E-state index in [1.807, 2.05) is 27.7 Å². The molecular weight excluding hydrogens is 505 g/mol. The van der Waals surface area contributed by atoms with Gasteiger partial charge in [-0.15, -0.1) is 0 Å². The number of halogens is 2. The number of nitrogens with one attached hydrogen (secondary N) is 1. The van der Waals surface area contributed by atoms with Crippen molar-refractivity contribution in [3.8, 4) is 0 Å². The average molecular weight is 545 g/mol. The van der Waals surface area contributed by atoms with Crippen molar-refractivity contribution in [2.24, 2.45) is 17.3 Å². The van der Waals surface area contributed by atoms with Crippen molar-refractivity contribution in [1.82, 2.24) is 4.72 Å². The molecule has 7 atom stereocenters. The van der Waals surface area contributed by atoms with Crippen molar-refractivity contribution in [2.45, 2.75) is 90.5 Å². The minimum Gasteiger partial charge on any atom is -0.496 e. The van der Waals surface area contributed by atoms with Gasteiger partial charge in [0, 0.05) is 9.89 Å². The van der Waals surface area contributed by atoms with E-state index < -0.39 is 27.6 Å². The number of hydrogen-bond donors (Lipinski definition) is 1. The number of hydrogen-bond acceptors (Lipinski definition) is 3. The van der Waals surface area contributed by atoms with Gasteiger partial charge in [0.15, 0.2) is 6.36 Å². The molecular formula is C26H39BrFNO3S. The van der Waals surface area contributed by atoms with Crippen LogP contribution in [-0.4, -0.2) is 28.0 Å². The Bertz CT molecular complexity index is 903. The average Bonchev–Trinajstić information content (AvgIpc) is 2.93. The maximum Gasteiger partial charge on any atom is 0.196 e. The van der Waals surface area contributed by atoms with Gasteiger partial charge in [-0.2, -0.15) is 0 Å². The van der Waals surface area contributed by atoms with E-state index in [0.717, 1.165) is 29.3 Å². The predicted octanol–water partition coefficient (Wildman–Crippen LogP) is 6.56. The van der Waals surface area contributed by atoms with Gasteiger partial charge < -0.3 is 9.47 Å². The summed E-state index contributed by atoms with van der Waals surface area (Å²) in [6.45, 7) is 18.4. The quantitative estimate of drug-likeness (QED) is 0.396. The molecule has 0 saturated heterocycles. The molecule has 3 unspecified atom stereocenters. The maximum absolute atomic E-state index is 13.8. The molecule has 33 heavy (non-hydrogen) atoms. The molecule has 1 N–H and O–H groups in total. The fraction of sp³-hybridized carbons (Fsp3) is 0.692. The third-order valence-corrected chi connectivity index (χ3v) is 9.33. The lowest BCUT2D eigenvalue weighted by Gasteiger charge is -2.54. The molecule has 2 aliphatic rings. The first-order valence-corrected chi connectivity index (χ1v) is 13.8. The molecule has 1 aromatic rings. The van der Waals surface area contributed by atoms with Gasteiger partial charge in [-0.25, -0.2) is 13.3 Å². The van der Waals surface area contributed by atoms with Gasteiger partial charge in [-0.3, -0.25) is 0 Å². The molecule has 1 spiro atoms. The van der Waals surface area contributed by atoms with Crippen LogP contribution in [0.4, 0.5) is 4.39 Å². The molecule has 0 aromatic heterocycles. The van der Waals surface area contributed by atoms with E-state index in [1.54, 1.807) is 0 Å². The summed E-state index contributed by atoms with van der Waals surface area (Å²) in [6.07, 6.45) is 0.892. The maximum atomic E-state index is 13.8. The summed E-state index contributed by atoms with van der Waals surface area (Å²) in [5.74, 6) is 0.823. The van der Waals surface area contributed by atoms with E-state index in [9.17, 15) is 8.60 Å². The lowest BCUT2D eigenvalue weighted by molar-refractivity contribution is -0.152. The summed E-state index contributed by atoms with van der Waals surface area (Å²) in [5.41, 5.74) is 1.09. The molecule has 0 amide bonds. The molecule has 0 radical (unpaired) electrons. The highest BCUT2D eigenvalue weighted by atomic mass is 79.9. The molecule has 7 heteroatoms. The van der Waals surface area contributed by atoms with Crippen molar-refractivity contribution in [3.05, 3.63) is 46.1 Å². The van der Waals surface area contributed by atoms with Gasteiger partial charge in [0.2, 0.25) is 0 Å². The SMILES string of the molecule is C=C(OCC)[C@]1(N[S@@](=O)C(C)(C)C)c2cc(Br)ccc2CC12C[C@@H](C)C(OC(C)F)[C@@H](C)C2. The molecule has 4 nitrogen and oxygen atoms in total. The highest BCUT2D eigenvalue weighted by molar-refractivity contribution is 9.10. The van der Waals surface area contributed by atoms with Crippen LogP contribution < -0.4 is 4.72 Å². The lowest BCUT2D eigenvalue weighted by atomic mass is 9.56. The topological polar surface area (TPSA) is 47.6 Å². The van der Waals surface area contributed by atoms with Gasteiger partial charge in [0.25, 0.3) is 0 Å². The first-order valence-electron chi connectivity index (χ1n) is 11.9. The molecule has 0 aliphatic heterocycles. The van der Waals surface area contributed by atoms with Crippen molar-refractivity contribution >= 4 is 26.9 Å². The fourth-order valence-corrected chi connectivity index (χ4v) is 7.51. The summed E-state index contributed by atoms with van der Waals surface area (Å²) < 4.78 is 43.4. The summed E-state index contributed by atoms with van der Waals surface area (Å²) in [5, 5.41) is 0. The standard InChI is InChI=1S/C26H39BrFNO3S/c1-9-31-18(4)26(29-33(30)24(6,7)8)22-12-21(27)11-10-20(22)15-25(26)13-16(2)23(17(3)14-25)32-19(5)28/h10-12,16-17,19,23,29H,4,9,13-15H2,1-3,5-8H3/t16-,17+,19?,23?,25?,26-,33-/m0/s1. The van der Waals surface area contributed by atoms with Gasteiger partial charge in [0.05, 0.1) is 28.4 Å². The first kappa shape index (κ1) is 26.8. The Morgan fingerprint density at radius 1 is 1.33 bits per heavy atom. The van der Waals surface area contributed by atoms with E-state index in [2.05, 4.69) is 59.3 Å². The minimum absolute atomic E-state index is 0.114. The van der Waals surface area contributed by atoms with Crippen LogP contribution in [0.3, 0.4) is 0 Å². The smallest absolute Gasteiger partial charge is 0.196 e. The number of alkyl halides is 1. The molecule has 0 heterocycles. The van der Waals surface area contributed by atoms with Gasteiger partial charge in [-0.05, 0) is 89.0 Å². The van der Waals surface area contributed by atoms with Crippen molar-refractivity contribution < 1.29 is 18.1 Å². The summed E-state index contributed by atoms with van der Waals surface area (Å²) in [4.78, 5) is 0. The Kier molecular flexibility index (Phi) is 7.90. The molecule has 1 fully saturated rings. The van der Waals surface area contributed by atoms with Crippen molar-refractivity contribution in [2.75, 3.05) is 6.61 Å².